The number of aromatic carboxylic acids is 1. The van der Waals surface area contributed by atoms with Gasteiger partial charge >= 0.3 is 5.97 Å². The Hall–Kier alpha value is -3.65. The first-order valence-electron chi connectivity index (χ1n) is 10.9. The third kappa shape index (κ3) is 4.47. The number of carbonyl (C=O) groups is 1. The van der Waals surface area contributed by atoms with Crippen LogP contribution in [0.15, 0.2) is 48.5 Å². The Kier molecular flexibility index (Phi) is 5.83. The maximum absolute atomic E-state index is 11.2. The van der Waals surface area contributed by atoms with Crippen LogP contribution >= 0.6 is 11.3 Å². The second kappa shape index (κ2) is 9.07. The molecule has 0 bridgehead atoms. The van der Waals surface area contributed by atoms with Crippen LogP contribution in [0, 0.1) is 0 Å². The third-order valence-corrected chi connectivity index (χ3v) is 6.67. The maximum Gasteiger partial charge on any atom is 0.335 e. The zero-order valence-electron chi connectivity index (χ0n) is 18.1. The molecule has 0 saturated carbocycles. The Morgan fingerprint density at radius 1 is 1.06 bits per heavy atom. The highest BCUT2D eigenvalue weighted by molar-refractivity contribution is 7.18. The fourth-order valence-electron chi connectivity index (χ4n) is 3.74. The summed E-state index contributed by atoms with van der Waals surface area (Å²) in [6.45, 7) is 3.97. The second-order valence-corrected chi connectivity index (χ2v) is 8.83. The molecule has 0 spiro atoms. The number of nitrogens with one attached hydrogen (secondary N) is 1. The van der Waals surface area contributed by atoms with E-state index in [0.29, 0.717) is 25.6 Å². The van der Waals surface area contributed by atoms with Gasteiger partial charge in [0.1, 0.15) is 23.9 Å². The Morgan fingerprint density at radius 2 is 1.85 bits per heavy atom. The highest BCUT2D eigenvalue weighted by Crippen LogP contribution is 2.33. The SMILES string of the molecule is CCc1cc2c(NCCc3ccc4c(c3)OCCO4)nc(-c3ccc(C(=O)O)cc3)nc2s1. The highest BCUT2D eigenvalue weighted by atomic mass is 32.1. The quantitative estimate of drug-likeness (QED) is 0.398. The summed E-state index contributed by atoms with van der Waals surface area (Å²) >= 11 is 1.66. The number of hydrogen-bond donors (Lipinski definition) is 2. The minimum absolute atomic E-state index is 0.238. The maximum atomic E-state index is 11.2. The van der Waals surface area contributed by atoms with E-state index in [9.17, 15) is 4.79 Å². The van der Waals surface area contributed by atoms with Crippen LogP contribution in [-0.4, -0.2) is 40.8 Å². The smallest absolute Gasteiger partial charge is 0.335 e. The first kappa shape index (κ1) is 21.2. The first-order chi connectivity index (χ1) is 16.1. The summed E-state index contributed by atoms with van der Waals surface area (Å²) < 4.78 is 11.3. The van der Waals surface area contributed by atoms with Crippen LogP contribution in [0.5, 0.6) is 11.5 Å². The van der Waals surface area contributed by atoms with Crippen LogP contribution < -0.4 is 14.8 Å². The van der Waals surface area contributed by atoms with Crippen LogP contribution in [0.1, 0.15) is 27.7 Å². The van der Waals surface area contributed by atoms with Gasteiger partial charge in [0.25, 0.3) is 0 Å². The fourth-order valence-corrected chi connectivity index (χ4v) is 4.71. The Balaban J connectivity index is 1.40. The normalized spacial score (nSPS) is 12.6. The summed E-state index contributed by atoms with van der Waals surface area (Å²) in [5.74, 6) is 1.99. The number of fused-ring (bicyclic) bond motifs is 2. The summed E-state index contributed by atoms with van der Waals surface area (Å²) in [6, 6.07) is 14.8. The molecule has 1 aliphatic rings. The minimum Gasteiger partial charge on any atom is -0.486 e. The van der Waals surface area contributed by atoms with Gasteiger partial charge in [-0.15, -0.1) is 11.3 Å². The number of carboxylic acids is 1. The van der Waals surface area contributed by atoms with Crippen LogP contribution in [0.3, 0.4) is 0 Å². The number of ether oxygens (including phenoxy) is 2. The highest BCUT2D eigenvalue weighted by Gasteiger charge is 2.14. The zero-order valence-corrected chi connectivity index (χ0v) is 18.9. The number of aryl methyl sites for hydroxylation is 1. The van der Waals surface area contributed by atoms with E-state index >= 15 is 0 Å². The van der Waals surface area contributed by atoms with E-state index in [4.69, 9.17) is 24.5 Å². The lowest BCUT2D eigenvalue weighted by atomic mass is 10.1. The number of anilines is 1. The summed E-state index contributed by atoms with van der Waals surface area (Å²) in [5.41, 5.74) is 2.17. The van der Waals surface area contributed by atoms with Gasteiger partial charge in [-0.05, 0) is 48.7 Å². The van der Waals surface area contributed by atoms with Crippen molar-refractivity contribution >= 4 is 33.3 Å². The molecule has 0 amide bonds. The van der Waals surface area contributed by atoms with Crippen molar-refractivity contribution in [2.45, 2.75) is 19.8 Å². The lowest BCUT2D eigenvalue weighted by Crippen LogP contribution is -2.15. The molecule has 7 nitrogen and oxygen atoms in total. The number of carboxylic acid groups (broad SMARTS) is 1. The van der Waals surface area contributed by atoms with Crippen LogP contribution in [0.4, 0.5) is 5.82 Å². The van der Waals surface area contributed by atoms with Gasteiger partial charge in [0.05, 0.1) is 10.9 Å². The first-order valence-corrected chi connectivity index (χ1v) is 11.7. The molecule has 0 aliphatic carbocycles. The van der Waals surface area contributed by atoms with Gasteiger partial charge in [0.2, 0.25) is 0 Å². The van der Waals surface area contributed by atoms with Gasteiger partial charge in [-0.2, -0.15) is 0 Å². The largest absolute Gasteiger partial charge is 0.486 e. The summed E-state index contributed by atoms with van der Waals surface area (Å²) in [6.07, 6.45) is 1.73. The molecule has 33 heavy (non-hydrogen) atoms. The molecular weight excluding hydrogens is 438 g/mol. The van der Waals surface area contributed by atoms with Gasteiger partial charge in [0.15, 0.2) is 17.3 Å². The van der Waals surface area contributed by atoms with E-state index in [0.717, 1.165) is 51.5 Å². The van der Waals surface area contributed by atoms with Crippen molar-refractivity contribution in [3.63, 3.8) is 0 Å². The molecule has 5 rings (SSSR count). The molecule has 168 valence electrons. The van der Waals surface area contributed by atoms with Crippen molar-refractivity contribution in [1.29, 1.82) is 0 Å². The molecule has 2 aromatic carbocycles. The molecule has 8 heteroatoms. The average Bonchev–Trinajstić information content (AvgIpc) is 3.27. The van der Waals surface area contributed by atoms with Gasteiger partial charge in [0, 0.05) is 17.0 Å². The van der Waals surface area contributed by atoms with Crippen molar-refractivity contribution in [3.05, 3.63) is 64.5 Å². The Morgan fingerprint density at radius 3 is 2.61 bits per heavy atom. The molecular formula is C25H23N3O4S. The van der Waals surface area contributed by atoms with E-state index in [1.54, 1.807) is 35.6 Å². The van der Waals surface area contributed by atoms with Gasteiger partial charge in [-0.25, -0.2) is 14.8 Å². The van der Waals surface area contributed by atoms with Crippen LogP contribution in [0.25, 0.3) is 21.6 Å². The average molecular weight is 462 g/mol. The molecule has 2 N–H and O–H groups in total. The van der Waals surface area contributed by atoms with Crippen molar-refractivity contribution in [1.82, 2.24) is 9.97 Å². The number of benzene rings is 2. The summed E-state index contributed by atoms with van der Waals surface area (Å²) in [5, 5.41) is 13.7. The molecule has 0 saturated heterocycles. The predicted molar refractivity (Wildman–Crippen MR) is 129 cm³/mol. The third-order valence-electron chi connectivity index (χ3n) is 5.49. The lowest BCUT2D eigenvalue weighted by Gasteiger charge is -2.19. The number of aromatic nitrogens is 2. The molecule has 0 fully saturated rings. The van der Waals surface area contributed by atoms with Crippen LogP contribution in [-0.2, 0) is 12.8 Å². The monoisotopic (exact) mass is 461 g/mol. The predicted octanol–water partition coefficient (Wildman–Crippen LogP) is 5.04. The minimum atomic E-state index is -0.953. The second-order valence-electron chi connectivity index (χ2n) is 7.72. The van der Waals surface area contributed by atoms with E-state index in [1.165, 1.54) is 4.88 Å². The molecule has 4 aromatic rings. The van der Waals surface area contributed by atoms with Crippen LogP contribution in [0.2, 0.25) is 0 Å². The van der Waals surface area contributed by atoms with Gasteiger partial charge in [-0.3, -0.25) is 0 Å². The van der Waals surface area contributed by atoms with E-state index in [2.05, 4.69) is 24.4 Å². The standard InChI is InChI=1S/C25H23N3O4S/c1-2-18-14-19-23(26-10-9-15-3-8-20-21(13-15)32-12-11-31-20)27-22(28-24(19)33-18)16-4-6-17(7-5-16)25(29)30/h3-8,13-14H,2,9-12H2,1H3,(H,29,30)(H,26,27,28). The van der Waals surface area contributed by atoms with E-state index < -0.39 is 5.97 Å². The number of nitrogens with zero attached hydrogens (tertiary/aromatic N) is 2. The molecule has 0 atom stereocenters. The lowest BCUT2D eigenvalue weighted by molar-refractivity contribution is 0.0697. The Bertz CT molecular complexity index is 1320. The number of rotatable bonds is 7. The topological polar surface area (TPSA) is 93.6 Å². The Labute approximate surface area is 195 Å². The van der Waals surface area contributed by atoms with E-state index in [-0.39, 0.29) is 5.56 Å². The fraction of sp³-hybridized carbons (Fsp3) is 0.240. The number of thiophene rings is 1. The van der Waals surface area contributed by atoms with Gasteiger partial charge < -0.3 is 19.9 Å². The van der Waals surface area contributed by atoms with Crippen molar-refractivity contribution in [2.75, 3.05) is 25.1 Å². The molecule has 1 aliphatic heterocycles. The van der Waals surface area contributed by atoms with E-state index in [1.807, 2.05) is 12.1 Å². The molecule has 2 aromatic heterocycles. The number of hydrogen-bond acceptors (Lipinski definition) is 7. The summed E-state index contributed by atoms with van der Waals surface area (Å²) in [7, 11) is 0. The summed E-state index contributed by atoms with van der Waals surface area (Å²) in [4.78, 5) is 22.9. The molecule has 0 radical (unpaired) electrons. The molecule has 3 heterocycles. The van der Waals surface area contributed by atoms with Gasteiger partial charge in [-0.1, -0.05) is 25.1 Å². The zero-order chi connectivity index (χ0) is 22.8. The van der Waals surface area contributed by atoms with Crippen molar-refractivity contribution in [3.8, 4) is 22.9 Å². The van der Waals surface area contributed by atoms with Crippen molar-refractivity contribution < 1.29 is 19.4 Å². The van der Waals surface area contributed by atoms with Crippen molar-refractivity contribution in [2.24, 2.45) is 0 Å². The molecule has 0 unspecified atom stereocenters.